The molecule has 0 fully saturated rings. The minimum absolute atomic E-state index is 2.08. The highest BCUT2D eigenvalue weighted by Gasteiger charge is 2.41. The Kier molecular flexibility index (Phi) is 2.18. The number of halogens is 5. The van der Waals surface area contributed by atoms with Gasteiger partial charge in [-0.15, -0.1) is 0 Å². The normalized spacial score (nSPS) is 12.8. The molecule has 0 aromatic heterocycles. The zero-order valence-corrected chi connectivity index (χ0v) is 3.60. The van der Waals surface area contributed by atoms with Gasteiger partial charge in [-0.3, -0.25) is 0 Å². The molecule has 0 amide bonds. The maximum Gasteiger partial charge on any atom is 0.428 e. The molecular formula is C3H2F5. The van der Waals surface area contributed by atoms with Crippen LogP contribution in [-0.2, 0) is 0 Å². The molecule has 1 radical (unpaired) electrons. The van der Waals surface area contributed by atoms with Crippen molar-refractivity contribution in [2.45, 2.75) is 6.18 Å². The smallest absolute Gasteiger partial charge is 0.247 e. The van der Waals surface area contributed by atoms with Crippen LogP contribution in [0, 0.1) is 6.17 Å². The van der Waals surface area contributed by atoms with Gasteiger partial charge in [0.2, 0.25) is 0 Å². The van der Waals surface area contributed by atoms with Gasteiger partial charge in [-0.2, -0.15) is 13.2 Å². The first-order chi connectivity index (χ1) is 3.48. The van der Waals surface area contributed by atoms with Crippen LogP contribution < -0.4 is 0 Å². The van der Waals surface area contributed by atoms with Crippen LogP contribution >= 0.6 is 0 Å². The van der Waals surface area contributed by atoms with E-state index in [1.54, 1.807) is 0 Å². The van der Waals surface area contributed by atoms with Crippen molar-refractivity contribution in [3.8, 4) is 0 Å². The lowest BCUT2D eigenvalue weighted by molar-refractivity contribution is -0.141. The molecule has 0 bridgehead atoms. The van der Waals surface area contributed by atoms with Gasteiger partial charge in [-0.25, -0.2) is 8.78 Å². The van der Waals surface area contributed by atoms with Gasteiger partial charge in [0.05, 0.1) is 0 Å². The van der Waals surface area contributed by atoms with Gasteiger partial charge in [-0.05, 0) is 0 Å². The lowest BCUT2D eigenvalue weighted by Gasteiger charge is -2.04. The van der Waals surface area contributed by atoms with Crippen LogP contribution in [0.2, 0.25) is 0 Å². The summed E-state index contributed by atoms with van der Waals surface area (Å²) < 4.78 is 54.2. The molecule has 0 atom stereocenters. The summed E-state index contributed by atoms with van der Waals surface area (Å²) in [5.74, 6) is 0. The molecule has 0 unspecified atom stereocenters. The zero-order valence-electron chi connectivity index (χ0n) is 3.60. The Bertz CT molecular complexity index is 64.6. The summed E-state index contributed by atoms with van der Waals surface area (Å²) >= 11 is 0. The van der Waals surface area contributed by atoms with E-state index in [0.29, 0.717) is 0 Å². The molecule has 0 aromatic carbocycles. The van der Waals surface area contributed by atoms with Crippen LogP contribution in [-0.4, -0.2) is 12.9 Å². The predicted octanol–water partition coefficient (Wildman–Crippen LogP) is 2.02. The van der Waals surface area contributed by atoms with E-state index in [1.165, 1.54) is 0 Å². The fraction of sp³-hybridized carbons (Fsp3) is 0.667. The van der Waals surface area contributed by atoms with Crippen LogP contribution in [0.25, 0.3) is 0 Å². The Morgan fingerprint density at radius 3 is 1.62 bits per heavy atom. The van der Waals surface area contributed by atoms with Crippen molar-refractivity contribution < 1.29 is 22.0 Å². The van der Waals surface area contributed by atoms with E-state index in [4.69, 9.17) is 0 Å². The van der Waals surface area contributed by atoms with Crippen molar-refractivity contribution in [2.24, 2.45) is 0 Å². The third-order valence-corrected chi connectivity index (χ3v) is 0.425. The molecule has 0 N–H and O–H groups in total. The molecule has 0 rings (SSSR count). The first kappa shape index (κ1) is 7.65. The van der Waals surface area contributed by atoms with Gasteiger partial charge in [0, 0.05) is 0 Å². The Morgan fingerprint density at radius 2 is 1.62 bits per heavy atom. The van der Waals surface area contributed by atoms with Crippen LogP contribution in [0.4, 0.5) is 22.0 Å². The van der Waals surface area contributed by atoms with E-state index in [2.05, 4.69) is 0 Å². The zero-order chi connectivity index (χ0) is 6.78. The summed E-state index contributed by atoms with van der Waals surface area (Å²) in [6.45, 7) is -2.08. The average molecular weight is 133 g/mol. The van der Waals surface area contributed by atoms with E-state index in [1.807, 2.05) is 0 Å². The third kappa shape index (κ3) is 2.09. The minimum atomic E-state index is -5.12. The molecule has 8 heavy (non-hydrogen) atoms. The summed E-state index contributed by atoms with van der Waals surface area (Å²) in [4.78, 5) is 0. The highest BCUT2D eigenvalue weighted by atomic mass is 19.4. The first-order valence-corrected chi connectivity index (χ1v) is 1.63. The summed E-state index contributed by atoms with van der Waals surface area (Å²) in [5.41, 5.74) is 0. The second kappa shape index (κ2) is 2.28. The van der Waals surface area contributed by atoms with Gasteiger partial charge in [0.25, 0.3) is 6.17 Å². The maximum absolute atomic E-state index is 11.1. The molecule has 0 saturated carbocycles. The molecule has 0 aromatic rings. The summed E-state index contributed by atoms with van der Waals surface area (Å²) in [6.07, 6.45) is -7.70. The largest absolute Gasteiger partial charge is 0.428 e. The van der Waals surface area contributed by atoms with Crippen molar-refractivity contribution in [3.05, 3.63) is 6.17 Å². The van der Waals surface area contributed by atoms with E-state index in [9.17, 15) is 22.0 Å². The lowest BCUT2D eigenvalue weighted by atomic mass is 10.4. The van der Waals surface area contributed by atoms with E-state index in [0.717, 1.165) is 0 Å². The Morgan fingerprint density at radius 1 is 1.25 bits per heavy atom. The second-order valence-electron chi connectivity index (χ2n) is 1.04. The van der Waals surface area contributed by atoms with Crippen molar-refractivity contribution in [3.63, 3.8) is 0 Å². The molecule has 5 heteroatoms. The Labute approximate surface area is 42.3 Å². The van der Waals surface area contributed by atoms with Crippen molar-refractivity contribution in [1.29, 1.82) is 0 Å². The Balaban J connectivity index is 3.62. The Hall–Kier alpha value is -0.350. The van der Waals surface area contributed by atoms with E-state index in [-0.39, 0.29) is 0 Å². The predicted molar refractivity (Wildman–Crippen MR) is 16.4 cm³/mol. The van der Waals surface area contributed by atoms with Gasteiger partial charge in [0.1, 0.15) is 6.67 Å². The van der Waals surface area contributed by atoms with Crippen molar-refractivity contribution in [2.75, 3.05) is 6.67 Å². The lowest BCUT2D eigenvalue weighted by Crippen LogP contribution is -2.17. The fourth-order valence-corrected chi connectivity index (χ4v) is 0.0758. The summed E-state index contributed by atoms with van der Waals surface area (Å²) in [7, 11) is 0. The molecule has 0 aliphatic heterocycles. The number of alkyl halides is 4. The SMILES string of the molecule is FC[C](F)C(F)(F)F. The fourth-order valence-electron chi connectivity index (χ4n) is 0.0758. The third-order valence-electron chi connectivity index (χ3n) is 0.425. The van der Waals surface area contributed by atoms with Gasteiger partial charge in [-0.1, -0.05) is 0 Å². The molecule has 0 saturated heterocycles. The monoisotopic (exact) mass is 133 g/mol. The second-order valence-corrected chi connectivity index (χ2v) is 1.04. The molecular weight excluding hydrogens is 131 g/mol. The van der Waals surface area contributed by atoms with Crippen molar-refractivity contribution in [1.82, 2.24) is 0 Å². The minimum Gasteiger partial charge on any atom is -0.247 e. The maximum atomic E-state index is 11.1. The first-order valence-electron chi connectivity index (χ1n) is 1.63. The van der Waals surface area contributed by atoms with E-state index >= 15 is 0 Å². The molecule has 0 spiro atoms. The number of hydrogen-bond donors (Lipinski definition) is 0. The molecule has 49 valence electrons. The van der Waals surface area contributed by atoms with Gasteiger partial charge in [0.15, 0.2) is 0 Å². The van der Waals surface area contributed by atoms with Crippen LogP contribution in [0.5, 0.6) is 0 Å². The average Bonchev–Trinajstić information content (AvgIpc) is 1.62. The van der Waals surface area contributed by atoms with Gasteiger partial charge < -0.3 is 0 Å². The van der Waals surface area contributed by atoms with Crippen molar-refractivity contribution >= 4 is 0 Å². The van der Waals surface area contributed by atoms with Crippen LogP contribution in [0.3, 0.4) is 0 Å². The highest BCUT2D eigenvalue weighted by Crippen LogP contribution is 2.28. The molecule has 0 aliphatic rings. The quantitative estimate of drug-likeness (QED) is 0.480. The standard InChI is InChI=1S/C3H2F5/c4-1-2(5)3(6,7)8/h1H2. The summed E-state index contributed by atoms with van der Waals surface area (Å²) in [5, 5.41) is 0. The molecule has 0 heterocycles. The summed E-state index contributed by atoms with van der Waals surface area (Å²) in [6, 6.07) is 0. The van der Waals surface area contributed by atoms with Crippen LogP contribution in [0.15, 0.2) is 0 Å². The van der Waals surface area contributed by atoms with Crippen LogP contribution in [0.1, 0.15) is 0 Å². The molecule has 0 aliphatic carbocycles. The topological polar surface area (TPSA) is 0 Å². The molecule has 0 nitrogen and oxygen atoms in total. The van der Waals surface area contributed by atoms with Gasteiger partial charge >= 0.3 is 6.18 Å². The number of hydrogen-bond acceptors (Lipinski definition) is 0. The highest BCUT2D eigenvalue weighted by molar-refractivity contribution is 4.84. The number of rotatable bonds is 1. The van der Waals surface area contributed by atoms with E-state index < -0.39 is 19.0 Å².